The summed E-state index contributed by atoms with van der Waals surface area (Å²) in [6, 6.07) is 5.84. The molecule has 0 saturated heterocycles. The molecule has 3 heteroatoms. The quantitative estimate of drug-likeness (QED) is 0.782. The molecule has 1 amide bonds. The topological polar surface area (TPSA) is 46.2 Å². The van der Waals surface area contributed by atoms with Crippen molar-refractivity contribution in [2.24, 2.45) is 0 Å². The Kier molecular flexibility index (Phi) is 2.06. The van der Waals surface area contributed by atoms with E-state index in [4.69, 9.17) is 0 Å². The third kappa shape index (κ3) is 1.62. The second-order valence-corrected chi connectivity index (χ2v) is 4.55. The lowest BCUT2D eigenvalue weighted by Gasteiger charge is -2.07. The molecule has 1 aromatic rings. The van der Waals surface area contributed by atoms with Gasteiger partial charge in [-0.2, -0.15) is 0 Å². The molecule has 1 N–H and O–H groups in total. The predicted octanol–water partition coefficient (Wildman–Crippen LogP) is 2.48. The van der Waals surface area contributed by atoms with E-state index in [-0.39, 0.29) is 11.7 Å². The lowest BCUT2D eigenvalue weighted by molar-refractivity contribution is -0.116. The Hall–Kier alpha value is -1.64. The second kappa shape index (κ2) is 3.44. The summed E-state index contributed by atoms with van der Waals surface area (Å²) in [5, 5.41) is 2.82. The molecular formula is C13H13NO2. The molecular weight excluding hydrogens is 202 g/mol. The Morgan fingerprint density at radius 2 is 1.94 bits per heavy atom. The van der Waals surface area contributed by atoms with Gasteiger partial charge in [-0.3, -0.25) is 9.59 Å². The molecule has 1 aliphatic heterocycles. The first kappa shape index (κ1) is 9.58. The maximum atomic E-state index is 11.8. The molecule has 1 heterocycles. The first-order chi connectivity index (χ1) is 7.74. The number of anilines is 1. The van der Waals surface area contributed by atoms with Gasteiger partial charge >= 0.3 is 0 Å². The SMILES string of the molecule is O=C1CCC(=O)c2ccc(C3CC3)cc2N1. The molecule has 0 atom stereocenters. The highest BCUT2D eigenvalue weighted by molar-refractivity contribution is 6.09. The summed E-state index contributed by atoms with van der Waals surface area (Å²) in [6.45, 7) is 0. The van der Waals surface area contributed by atoms with Crippen LogP contribution in [0.4, 0.5) is 5.69 Å². The highest BCUT2D eigenvalue weighted by Crippen LogP contribution is 2.41. The Morgan fingerprint density at radius 3 is 2.69 bits per heavy atom. The van der Waals surface area contributed by atoms with E-state index in [2.05, 4.69) is 5.32 Å². The van der Waals surface area contributed by atoms with Crippen LogP contribution in [0.3, 0.4) is 0 Å². The van der Waals surface area contributed by atoms with Gasteiger partial charge in [0.15, 0.2) is 5.78 Å². The first-order valence-electron chi connectivity index (χ1n) is 5.71. The number of amides is 1. The van der Waals surface area contributed by atoms with E-state index in [9.17, 15) is 9.59 Å². The van der Waals surface area contributed by atoms with Crippen LogP contribution in [0.2, 0.25) is 0 Å². The molecule has 3 rings (SSSR count). The predicted molar refractivity (Wildman–Crippen MR) is 60.6 cm³/mol. The van der Waals surface area contributed by atoms with Gasteiger partial charge in [0, 0.05) is 18.4 Å². The molecule has 3 nitrogen and oxygen atoms in total. The maximum absolute atomic E-state index is 11.8. The molecule has 1 aliphatic carbocycles. The molecule has 0 radical (unpaired) electrons. The molecule has 0 spiro atoms. The monoisotopic (exact) mass is 215 g/mol. The van der Waals surface area contributed by atoms with Crippen molar-refractivity contribution in [1.29, 1.82) is 0 Å². The fourth-order valence-electron chi connectivity index (χ4n) is 2.15. The molecule has 0 unspecified atom stereocenters. The number of Topliss-reactive ketones (excluding diaryl/α,β-unsaturated/α-hetero) is 1. The zero-order valence-corrected chi connectivity index (χ0v) is 8.95. The second-order valence-electron chi connectivity index (χ2n) is 4.55. The number of rotatable bonds is 1. The fraction of sp³-hybridized carbons (Fsp3) is 0.385. The smallest absolute Gasteiger partial charge is 0.224 e. The van der Waals surface area contributed by atoms with Crippen LogP contribution >= 0.6 is 0 Å². The molecule has 1 saturated carbocycles. The van der Waals surface area contributed by atoms with Crippen LogP contribution in [0.25, 0.3) is 0 Å². The van der Waals surface area contributed by atoms with Crippen molar-refractivity contribution in [2.75, 3.05) is 5.32 Å². The standard InChI is InChI=1S/C13H13NO2/c15-12-5-6-13(16)14-11-7-9(8-1-2-8)3-4-10(11)12/h3-4,7-8H,1-2,5-6H2,(H,14,16). The first-order valence-corrected chi connectivity index (χ1v) is 5.71. The van der Waals surface area contributed by atoms with Crippen molar-refractivity contribution < 1.29 is 9.59 Å². The minimum atomic E-state index is -0.0555. The third-order valence-corrected chi connectivity index (χ3v) is 3.25. The lowest BCUT2D eigenvalue weighted by atomic mass is 10.0. The third-order valence-electron chi connectivity index (χ3n) is 3.25. The zero-order valence-electron chi connectivity index (χ0n) is 8.95. The number of carbonyl (C=O) groups excluding carboxylic acids is 2. The minimum Gasteiger partial charge on any atom is -0.325 e. The van der Waals surface area contributed by atoms with Crippen molar-refractivity contribution in [3.63, 3.8) is 0 Å². The Labute approximate surface area is 93.8 Å². The van der Waals surface area contributed by atoms with Crippen LogP contribution in [0.15, 0.2) is 18.2 Å². The number of benzene rings is 1. The number of nitrogens with one attached hydrogen (secondary N) is 1. The fourth-order valence-corrected chi connectivity index (χ4v) is 2.15. The lowest BCUT2D eigenvalue weighted by Crippen LogP contribution is -2.09. The van der Waals surface area contributed by atoms with Gasteiger partial charge in [0.2, 0.25) is 5.91 Å². The summed E-state index contributed by atoms with van der Waals surface area (Å²) in [7, 11) is 0. The van der Waals surface area contributed by atoms with Crippen molar-refractivity contribution in [3.05, 3.63) is 29.3 Å². The average Bonchev–Trinajstić information content (AvgIpc) is 3.08. The van der Waals surface area contributed by atoms with Gasteiger partial charge in [0.1, 0.15) is 0 Å². The van der Waals surface area contributed by atoms with E-state index in [0.29, 0.717) is 30.0 Å². The van der Waals surface area contributed by atoms with Crippen molar-refractivity contribution in [2.45, 2.75) is 31.6 Å². The maximum Gasteiger partial charge on any atom is 0.224 e. The molecule has 0 aromatic heterocycles. The van der Waals surface area contributed by atoms with Crippen LogP contribution in [0.5, 0.6) is 0 Å². The number of fused-ring (bicyclic) bond motifs is 1. The highest BCUT2D eigenvalue weighted by atomic mass is 16.2. The van der Waals surface area contributed by atoms with Crippen LogP contribution in [-0.2, 0) is 4.79 Å². The largest absolute Gasteiger partial charge is 0.325 e. The highest BCUT2D eigenvalue weighted by Gasteiger charge is 2.26. The Balaban J connectivity index is 2.04. The van der Waals surface area contributed by atoms with Crippen molar-refractivity contribution >= 4 is 17.4 Å². The van der Waals surface area contributed by atoms with Crippen LogP contribution in [-0.4, -0.2) is 11.7 Å². The van der Waals surface area contributed by atoms with Gasteiger partial charge in [-0.15, -0.1) is 0 Å². The molecule has 1 fully saturated rings. The average molecular weight is 215 g/mol. The van der Waals surface area contributed by atoms with Gasteiger partial charge in [-0.1, -0.05) is 6.07 Å². The molecule has 0 bridgehead atoms. The summed E-state index contributed by atoms with van der Waals surface area (Å²) < 4.78 is 0. The van der Waals surface area contributed by atoms with E-state index in [1.165, 1.54) is 18.4 Å². The number of hydrogen-bond donors (Lipinski definition) is 1. The van der Waals surface area contributed by atoms with E-state index < -0.39 is 0 Å². The normalized spacial score (nSPS) is 20.0. The minimum absolute atomic E-state index is 0.0555. The number of hydrogen-bond acceptors (Lipinski definition) is 2. The van der Waals surface area contributed by atoms with E-state index in [1.54, 1.807) is 0 Å². The summed E-state index contributed by atoms with van der Waals surface area (Å²) in [6.07, 6.45) is 3.06. The number of carbonyl (C=O) groups is 2. The van der Waals surface area contributed by atoms with Crippen LogP contribution in [0.1, 0.15) is 47.5 Å². The van der Waals surface area contributed by atoms with Gasteiger partial charge in [0.05, 0.1) is 5.69 Å². The van der Waals surface area contributed by atoms with E-state index >= 15 is 0 Å². The Morgan fingerprint density at radius 1 is 1.12 bits per heavy atom. The summed E-state index contributed by atoms with van der Waals surface area (Å²) >= 11 is 0. The van der Waals surface area contributed by atoms with Crippen molar-refractivity contribution in [1.82, 2.24) is 0 Å². The van der Waals surface area contributed by atoms with E-state index in [0.717, 1.165) is 0 Å². The summed E-state index contributed by atoms with van der Waals surface area (Å²) in [4.78, 5) is 23.2. The Bertz CT molecular complexity index is 475. The van der Waals surface area contributed by atoms with Crippen molar-refractivity contribution in [3.8, 4) is 0 Å². The molecule has 1 aromatic carbocycles. The van der Waals surface area contributed by atoms with Gasteiger partial charge in [0.25, 0.3) is 0 Å². The van der Waals surface area contributed by atoms with E-state index in [1.807, 2.05) is 18.2 Å². The van der Waals surface area contributed by atoms with Crippen LogP contribution < -0.4 is 5.32 Å². The van der Waals surface area contributed by atoms with Gasteiger partial charge in [-0.05, 0) is 36.5 Å². The summed E-state index contributed by atoms with van der Waals surface area (Å²) in [5.74, 6) is 0.649. The van der Waals surface area contributed by atoms with Crippen LogP contribution in [0, 0.1) is 0 Å². The molecule has 82 valence electrons. The molecule has 2 aliphatic rings. The van der Waals surface area contributed by atoms with Gasteiger partial charge < -0.3 is 5.32 Å². The summed E-state index contributed by atoms with van der Waals surface area (Å²) in [5.41, 5.74) is 2.61. The molecule has 16 heavy (non-hydrogen) atoms. The van der Waals surface area contributed by atoms with Gasteiger partial charge in [-0.25, -0.2) is 0 Å². The zero-order chi connectivity index (χ0) is 11.1. The number of ketones is 1.